The van der Waals surface area contributed by atoms with Gasteiger partial charge in [0.05, 0.1) is 12.2 Å². The van der Waals surface area contributed by atoms with Gasteiger partial charge in [-0.05, 0) is 24.0 Å². The summed E-state index contributed by atoms with van der Waals surface area (Å²) in [6, 6.07) is 3.65. The Hall–Kier alpha value is -2.92. The van der Waals surface area contributed by atoms with Crippen LogP contribution in [0, 0.1) is 21.7 Å². The summed E-state index contributed by atoms with van der Waals surface area (Å²) >= 11 is 1.43. The van der Waals surface area contributed by atoms with Crippen LogP contribution in [0.1, 0.15) is 17.5 Å². The van der Waals surface area contributed by atoms with Crippen LogP contribution in [0.25, 0.3) is 10.6 Å². The maximum Gasteiger partial charge on any atom is 0.415 e. The normalized spacial score (nSPS) is 20.5. The van der Waals surface area contributed by atoms with Gasteiger partial charge in [-0.25, -0.2) is 13.8 Å². The molecule has 5 rings (SSSR count). The fourth-order valence-corrected chi connectivity index (χ4v) is 4.95. The molecule has 0 bridgehead atoms. The molecule has 0 saturated carbocycles. The summed E-state index contributed by atoms with van der Waals surface area (Å²) in [4.78, 5) is 22.0. The lowest BCUT2D eigenvalue weighted by Gasteiger charge is -2.27. The first-order chi connectivity index (χ1) is 13.8. The summed E-state index contributed by atoms with van der Waals surface area (Å²) in [7, 11) is 0. The highest BCUT2D eigenvalue weighted by Gasteiger charge is 2.42. The summed E-state index contributed by atoms with van der Waals surface area (Å²) in [6.45, 7) is 4.26. The van der Waals surface area contributed by atoms with Crippen molar-refractivity contribution in [3.63, 3.8) is 0 Å². The highest BCUT2D eigenvalue weighted by molar-refractivity contribution is 7.15. The maximum atomic E-state index is 13.5. The Kier molecular flexibility index (Phi) is 3.93. The largest absolute Gasteiger partial charge is 0.436 e. The smallest absolute Gasteiger partial charge is 0.415 e. The summed E-state index contributed by atoms with van der Waals surface area (Å²) in [5, 5.41) is 11.4. The monoisotopic (exact) mass is 419 g/mol. The first kappa shape index (κ1) is 18.1. The van der Waals surface area contributed by atoms with E-state index in [-0.39, 0.29) is 11.8 Å². The van der Waals surface area contributed by atoms with Crippen molar-refractivity contribution in [1.82, 2.24) is 19.4 Å². The zero-order valence-electron chi connectivity index (χ0n) is 15.3. The number of ether oxygens (including phenoxy) is 1. The number of rotatable bonds is 4. The summed E-state index contributed by atoms with van der Waals surface area (Å²) < 4.78 is 34.5. The van der Waals surface area contributed by atoms with Gasteiger partial charge in [-0.15, -0.1) is 11.3 Å². The van der Waals surface area contributed by atoms with Gasteiger partial charge in [0.2, 0.25) is 0 Å². The van der Waals surface area contributed by atoms with Crippen molar-refractivity contribution in [2.75, 3.05) is 6.54 Å². The summed E-state index contributed by atoms with van der Waals surface area (Å²) in [5.74, 6) is -1.47. The standard InChI is InChI=1S/C18H15F2N5O3S/c1-18(9-24-7-15(25(26)27)22-17(24)28-18)8-23-5-13-14(6-23)29-16(21-13)10-2-11(19)4-12(20)3-10/h2-4,7H,5-6,8-9H2,1H3/t18-/m0/s1. The van der Waals surface area contributed by atoms with E-state index in [1.165, 1.54) is 29.7 Å². The number of nitro groups is 1. The maximum absolute atomic E-state index is 13.5. The molecule has 0 radical (unpaired) electrons. The van der Waals surface area contributed by atoms with Gasteiger partial charge >= 0.3 is 11.8 Å². The lowest BCUT2D eigenvalue weighted by Crippen LogP contribution is -2.43. The zero-order chi connectivity index (χ0) is 20.3. The van der Waals surface area contributed by atoms with E-state index in [0.717, 1.165) is 16.6 Å². The van der Waals surface area contributed by atoms with Gasteiger partial charge < -0.3 is 14.9 Å². The Morgan fingerprint density at radius 1 is 1.28 bits per heavy atom. The van der Waals surface area contributed by atoms with E-state index < -0.39 is 22.2 Å². The van der Waals surface area contributed by atoms with Gasteiger partial charge in [0.1, 0.15) is 28.4 Å². The Morgan fingerprint density at radius 3 is 2.69 bits per heavy atom. The molecule has 0 saturated heterocycles. The van der Waals surface area contributed by atoms with E-state index in [2.05, 4.69) is 14.9 Å². The summed E-state index contributed by atoms with van der Waals surface area (Å²) in [6.07, 6.45) is 1.38. The number of hydrogen-bond acceptors (Lipinski definition) is 7. The molecule has 29 heavy (non-hydrogen) atoms. The van der Waals surface area contributed by atoms with Gasteiger partial charge in [-0.1, -0.05) is 0 Å². The van der Waals surface area contributed by atoms with Crippen LogP contribution in [0.3, 0.4) is 0 Å². The number of nitrogens with zero attached hydrogens (tertiary/aromatic N) is 5. The van der Waals surface area contributed by atoms with Gasteiger partial charge in [0.25, 0.3) is 0 Å². The number of thiazole rings is 1. The van der Waals surface area contributed by atoms with Crippen molar-refractivity contribution in [3.8, 4) is 16.6 Å². The van der Waals surface area contributed by atoms with Crippen LogP contribution in [-0.4, -0.2) is 36.5 Å². The molecule has 1 aromatic carbocycles. The number of imidazole rings is 1. The van der Waals surface area contributed by atoms with Crippen LogP contribution in [0.4, 0.5) is 14.6 Å². The molecular formula is C18H15F2N5O3S. The second kappa shape index (κ2) is 6.29. The topological polar surface area (TPSA) is 86.3 Å². The molecule has 0 aliphatic carbocycles. The molecule has 150 valence electrons. The zero-order valence-corrected chi connectivity index (χ0v) is 16.1. The number of benzene rings is 1. The van der Waals surface area contributed by atoms with Crippen LogP contribution >= 0.6 is 11.3 Å². The average Bonchev–Trinajstić information content (AvgIpc) is 3.31. The first-order valence-corrected chi connectivity index (χ1v) is 9.68. The third kappa shape index (κ3) is 3.25. The number of halogens is 2. The van der Waals surface area contributed by atoms with Crippen LogP contribution < -0.4 is 4.74 Å². The Labute approximate surface area is 167 Å². The van der Waals surface area contributed by atoms with Crippen molar-refractivity contribution in [2.45, 2.75) is 32.2 Å². The van der Waals surface area contributed by atoms with E-state index in [0.29, 0.717) is 36.8 Å². The Bertz CT molecular complexity index is 1080. The third-order valence-corrected chi connectivity index (χ3v) is 6.07. The summed E-state index contributed by atoms with van der Waals surface area (Å²) in [5.41, 5.74) is 0.774. The molecule has 4 heterocycles. The van der Waals surface area contributed by atoms with Crippen molar-refractivity contribution in [3.05, 3.63) is 56.7 Å². The molecule has 1 atom stereocenters. The Morgan fingerprint density at radius 2 is 2.03 bits per heavy atom. The SMILES string of the molecule is C[C@]1(CN2Cc3nc(-c4cc(F)cc(F)c4)sc3C2)Cn2cc([N+](=O)[O-])nc2O1. The van der Waals surface area contributed by atoms with Crippen LogP contribution in [0.15, 0.2) is 24.4 Å². The van der Waals surface area contributed by atoms with Gasteiger partial charge in [0, 0.05) is 41.1 Å². The molecule has 2 aliphatic rings. The van der Waals surface area contributed by atoms with Crippen LogP contribution in [0.5, 0.6) is 6.01 Å². The fourth-order valence-electron chi connectivity index (χ4n) is 3.85. The molecule has 8 nitrogen and oxygen atoms in total. The number of aromatic nitrogens is 3. The van der Waals surface area contributed by atoms with Gasteiger partial charge in [-0.2, -0.15) is 0 Å². The van der Waals surface area contributed by atoms with E-state index in [9.17, 15) is 18.9 Å². The molecule has 2 aromatic heterocycles. The van der Waals surface area contributed by atoms with Crippen molar-refractivity contribution in [1.29, 1.82) is 0 Å². The molecule has 3 aromatic rings. The van der Waals surface area contributed by atoms with Crippen molar-refractivity contribution >= 4 is 17.2 Å². The van der Waals surface area contributed by atoms with Crippen LogP contribution in [0.2, 0.25) is 0 Å². The molecular weight excluding hydrogens is 404 g/mol. The molecule has 11 heteroatoms. The highest BCUT2D eigenvalue weighted by Crippen LogP contribution is 2.37. The van der Waals surface area contributed by atoms with E-state index in [1.807, 2.05) is 6.92 Å². The fraction of sp³-hybridized carbons (Fsp3) is 0.333. The van der Waals surface area contributed by atoms with Gasteiger partial charge in [0.15, 0.2) is 0 Å². The van der Waals surface area contributed by atoms with Crippen molar-refractivity contribution < 1.29 is 18.4 Å². The van der Waals surface area contributed by atoms with Crippen molar-refractivity contribution in [2.24, 2.45) is 0 Å². The first-order valence-electron chi connectivity index (χ1n) is 8.86. The minimum atomic E-state index is -0.624. The quantitative estimate of drug-likeness (QED) is 0.476. The van der Waals surface area contributed by atoms with E-state index in [1.54, 1.807) is 4.57 Å². The second-order valence-electron chi connectivity index (χ2n) is 7.51. The lowest BCUT2D eigenvalue weighted by atomic mass is 10.1. The molecule has 0 spiro atoms. The van der Waals surface area contributed by atoms with E-state index in [4.69, 9.17) is 4.74 Å². The molecule has 0 amide bonds. The minimum absolute atomic E-state index is 0.226. The molecule has 0 unspecified atom stereocenters. The highest BCUT2D eigenvalue weighted by atomic mass is 32.1. The Balaban J connectivity index is 1.27. The second-order valence-corrected chi connectivity index (χ2v) is 8.59. The third-order valence-electron chi connectivity index (χ3n) is 4.94. The average molecular weight is 419 g/mol. The molecule has 2 aliphatic heterocycles. The predicted molar refractivity (Wildman–Crippen MR) is 99.5 cm³/mol. The van der Waals surface area contributed by atoms with Gasteiger partial charge in [-0.3, -0.25) is 9.47 Å². The molecule has 0 N–H and O–H groups in total. The number of hydrogen-bond donors (Lipinski definition) is 0. The minimum Gasteiger partial charge on any atom is -0.436 e. The molecule has 0 fully saturated rings. The van der Waals surface area contributed by atoms with E-state index >= 15 is 0 Å². The van der Waals surface area contributed by atoms with Crippen LogP contribution in [-0.2, 0) is 19.6 Å². The predicted octanol–water partition coefficient (Wildman–Crippen LogP) is 3.36. The lowest BCUT2D eigenvalue weighted by molar-refractivity contribution is -0.389. The number of fused-ring (bicyclic) bond motifs is 2.